The maximum Gasteiger partial charge on any atom is 0.124 e. The molecule has 4 heteroatoms. The van der Waals surface area contributed by atoms with E-state index in [0.29, 0.717) is 18.2 Å². The van der Waals surface area contributed by atoms with Crippen LogP contribution in [0.1, 0.15) is 22.3 Å². The topological polar surface area (TPSA) is 21.3 Å². The van der Waals surface area contributed by atoms with Crippen LogP contribution >= 0.6 is 27.5 Å². The zero-order valence-electron chi connectivity index (χ0n) is 14.9. The van der Waals surface area contributed by atoms with Crippen molar-refractivity contribution in [2.24, 2.45) is 0 Å². The first-order chi connectivity index (χ1) is 12.5. The number of nitrogens with one attached hydrogen (secondary N) is 1. The van der Waals surface area contributed by atoms with Gasteiger partial charge in [-0.25, -0.2) is 0 Å². The molecule has 0 radical (unpaired) electrons. The zero-order chi connectivity index (χ0) is 18.5. The van der Waals surface area contributed by atoms with Gasteiger partial charge in [-0.05, 0) is 61.4 Å². The number of ether oxygens (including phenoxy) is 1. The minimum Gasteiger partial charge on any atom is -0.489 e. The summed E-state index contributed by atoms with van der Waals surface area (Å²) < 4.78 is 7.12. The molecule has 0 unspecified atom stereocenters. The summed E-state index contributed by atoms with van der Waals surface area (Å²) in [5.41, 5.74) is 5.70. The van der Waals surface area contributed by atoms with E-state index in [4.69, 9.17) is 16.3 Å². The number of rotatable bonds is 6. The van der Waals surface area contributed by atoms with Crippen LogP contribution in [-0.4, -0.2) is 0 Å². The first kappa shape index (κ1) is 18.8. The van der Waals surface area contributed by atoms with Gasteiger partial charge in [-0.2, -0.15) is 0 Å². The quantitative estimate of drug-likeness (QED) is 0.458. The van der Waals surface area contributed by atoms with E-state index >= 15 is 0 Å². The van der Waals surface area contributed by atoms with Crippen molar-refractivity contribution in [3.8, 4) is 5.75 Å². The van der Waals surface area contributed by atoms with Crippen molar-refractivity contribution >= 4 is 33.2 Å². The van der Waals surface area contributed by atoms with Gasteiger partial charge in [0.25, 0.3) is 0 Å². The predicted molar refractivity (Wildman–Crippen MR) is 113 cm³/mol. The molecule has 0 saturated carbocycles. The lowest BCUT2D eigenvalue weighted by molar-refractivity contribution is 0.303. The van der Waals surface area contributed by atoms with Crippen molar-refractivity contribution < 1.29 is 4.74 Å². The maximum absolute atomic E-state index is 6.20. The van der Waals surface area contributed by atoms with E-state index in [0.717, 1.165) is 27.0 Å². The second-order valence-electron chi connectivity index (χ2n) is 6.34. The Hall–Kier alpha value is -1.97. The summed E-state index contributed by atoms with van der Waals surface area (Å²) in [5, 5.41) is 4.18. The molecule has 134 valence electrons. The van der Waals surface area contributed by atoms with Crippen LogP contribution in [0.3, 0.4) is 0 Å². The Kier molecular flexibility index (Phi) is 6.23. The Morgan fingerprint density at radius 3 is 2.46 bits per heavy atom. The second kappa shape index (κ2) is 8.61. The summed E-state index contributed by atoms with van der Waals surface area (Å²) >= 11 is 9.69. The zero-order valence-corrected chi connectivity index (χ0v) is 17.2. The van der Waals surface area contributed by atoms with Gasteiger partial charge in [0.05, 0.1) is 0 Å². The number of aryl methyl sites for hydroxylation is 2. The van der Waals surface area contributed by atoms with Gasteiger partial charge >= 0.3 is 0 Å². The standard InChI is InChI=1S/C22H21BrClNO/c1-15-3-5-17(6-4-15)14-26-22-10-8-20(24)12-18(22)13-25-21-9-7-19(23)11-16(21)2/h3-12,25H,13-14H2,1-2H3. The van der Waals surface area contributed by atoms with E-state index in [2.05, 4.69) is 71.5 Å². The number of hydrogen-bond donors (Lipinski definition) is 1. The number of anilines is 1. The van der Waals surface area contributed by atoms with Crippen LogP contribution in [-0.2, 0) is 13.2 Å². The van der Waals surface area contributed by atoms with Crippen molar-refractivity contribution in [1.82, 2.24) is 0 Å². The van der Waals surface area contributed by atoms with Gasteiger partial charge in [0.1, 0.15) is 12.4 Å². The lowest BCUT2D eigenvalue weighted by atomic mass is 10.1. The van der Waals surface area contributed by atoms with Gasteiger partial charge < -0.3 is 10.1 Å². The second-order valence-corrected chi connectivity index (χ2v) is 7.69. The highest BCUT2D eigenvalue weighted by Gasteiger charge is 2.07. The monoisotopic (exact) mass is 429 g/mol. The molecule has 1 N–H and O–H groups in total. The van der Waals surface area contributed by atoms with Gasteiger partial charge in [-0.1, -0.05) is 57.4 Å². The van der Waals surface area contributed by atoms with Gasteiger partial charge in [-0.3, -0.25) is 0 Å². The number of halogens is 2. The van der Waals surface area contributed by atoms with Crippen LogP contribution in [0.25, 0.3) is 0 Å². The van der Waals surface area contributed by atoms with Gasteiger partial charge in [0, 0.05) is 27.3 Å². The maximum atomic E-state index is 6.20. The minimum atomic E-state index is 0.534. The minimum absolute atomic E-state index is 0.534. The summed E-state index contributed by atoms with van der Waals surface area (Å²) in [6.45, 7) is 5.34. The third kappa shape index (κ3) is 5.03. The first-order valence-corrected chi connectivity index (χ1v) is 9.65. The molecule has 0 saturated heterocycles. The Morgan fingerprint density at radius 2 is 1.73 bits per heavy atom. The molecule has 0 aromatic heterocycles. The van der Waals surface area contributed by atoms with Crippen molar-refractivity contribution in [2.45, 2.75) is 27.0 Å². The normalized spacial score (nSPS) is 10.6. The van der Waals surface area contributed by atoms with Gasteiger partial charge in [0.2, 0.25) is 0 Å². The highest BCUT2D eigenvalue weighted by Crippen LogP contribution is 2.26. The molecule has 0 amide bonds. The molecule has 26 heavy (non-hydrogen) atoms. The Labute approximate surface area is 168 Å². The smallest absolute Gasteiger partial charge is 0.124 e. The van der Waals surface area contributed by atoms with Crippen molar-refractivity contribution in [2.75, 3.05) is 5.32 Å². The Morgan fingerprint density at radius 1 is 0.962 bits per heavy atom. The van der Waals surface area contributed by atoms with Crippen LogP contribution in [0, 0.1) is 13.8 Å². The van der Waals surface area contributed by atoms with E-state index in [9.17, 15) is 0 Å². The Balaban J connectivity index is 1.71. The SMILES string of the molecule is Cc1ccc(COc2ccc(Cl)cc2CNc2ccc(Br)cc2C)cc1. The highest BCUT2D eigenvalue weighted by molar-refractivity contribution is 9.10. The summed E-state index contributed by atoms with van der Waals surface area (Å²) in [4.78, 5) is 0. The summed E-state index contributed by atoms with van der Waals surface area (Å²) in [5.74, 6) is 0.845. The largest absolute Gasteiger partial charge is 0.489 e. The molecule has 0 heterocycles. The highest BCUT2D eigenvalue weighted by atomic mass is 79.9. The van der Waals surface area contributed by atoms with E-state index in [1.165, 1.54) is 11.1 Å². The molecule has 0 aliphatic rings. The molecule has 0 spiro atoms. The molecule has 0 aliphatic carbocycles. The van der Waals surface area contributed by atoms with Crippen LogP contribution in [0.4, 0.5) is 5.69 Å². The first-order valence-electron chi connectivity index (χ1n) is 8.48. The predicted octanol–water partition coefficient (Wildman–Crippen LogP) is 6.91. The lowest BCUT2D eigenvalue weighted by Gasteiger charge is -2.15. The fourth-order valence-corrected chi connectivity index (χ4v) is 3.36. The van der Waals surface area contributed by atoms with Gasteiger partial charge in [0.15, 0.2) is 0 Å². The number of hydrogen-bond acceptors (Lipinski definition) is 2. The Bertz CT molecular complexity index is 893. The molecule has 3 rings (SSSR count). The van der Waals surface area contributed by atoms with Gasteiger partial charge in [-0.15, -0.1) is 0 Å². The third-order valence-corrected chi connectivity index (χ3v) is 4.92. The van der Waals surface area contributed by atoms with Crippen molar-refractivity contribution in [3.63, 3.8) is 0 Å². The summed E-state index contributed by atoms with van der Waals surface area (Å²) in [6.07, 6.45) is 0. The van der Waals surface area contributed by atoms with E-state index < -0.39 is 0 Å². The van der Waals surface area contributed by atoms with Crippen molar-refractivity contribution in [1.29, 1.82) is 0 Å². The average molecular weight is 431 g/mol. The van der Waals surface area contributed by atoms with Crippen LogP contribution in [0.5, 0.6) is 5.75 Å². The molecule has 0 aliphatic heterocycles. The molecule has 0 bridgehead atoms. The fourth-order valence-electron chi connectivity index (χ4n) is 2.69. The van der Waals surface area contributed by atoms with Crippen LogP contribution < -0.4 is 10.1 Å². The summed E-state index contributed by atoms with van der Waals surface area (Å²) in [7, 11) is 0. The average Bonchev–Trinajstić information content (AvgIpc) is 2.61. The third-order valence-electron chi connectivity index (χ3n) is 4.20. The molecule has 3 aromatic carbocycles. The molecule has 2 nitrogen and oxygen atoms in total. The lowest BCUT2D eigenvalue weighted by Crippen LogP contribution is -2.05. The molecular formula is C22H21BrClNO. The van der Waals surface area contributed by atoms with E-state index in [-0.39, 0.29) is 0 Å². The number of benzene rings is 3. The molecule has 0 fully saturated rings. The molecular weight excluding hydrogens is 410 g/mol. The fraction of sp³-hybridized carbons (Fsp3) is 0.182. The summed E-state index contributed by atoms with van der Waals surface area (Å²) in [6, 6.07) is 20.3. The van der Waals surface area contributed by atoms with Crippen LogP contribution in [0.15, 0.2) is 65.1 Å². The van der Waals surface area contributed by atoms with E-state index in [1.54, 1.807) is 0 Å². The molecule has 0 atom stereocenters. The molecule has 3 aromatic rings. The van der Waals surface area contributed by atoms with Crippen molar-refractivity contribution in [3.05, 3.63) is 92.4 Å². The van der Waals surface area contributed by atoms with E-state index in [1.807, 2.05) is 24.3 Å². The van der Waals surface area contributed by atoms with Crippen LogP contribution in [0.2, 0.25) is 5.02 Å².